The summed E-state index contributed by atoms with van der Waals surface area (Å²) in [6.07, 6.45) is 1.70. The first-order valence-electron chi connectivity index (χ1n) is 7.49. The monoisotopic (exact) mass is 299 g/mol. The van der Waals surface area contributed by atoms with Gasteiger partial charge in [0.2, 0.25) is 0 Å². The van der Waals surface area contributed by atoms with E-state index in [1.165, 1.54) is 11.6 Å². The minimum atomic E-state index is -0.570. The van der Waals surface area contributed by atoms with Crippen LogP contribution in [0, 0.1) is 0 Å². The van der Waals surface area contributed by atoms with Crippen molar-refractivity contribution in [2.45, 2.75) is 33.2 Å². The molecule has 4 heteroatoms. The molecule has 0 atom stereocenters. The molecule has 0 bridgehead atoms. The Labute approximate surface area is 130 Å². The third-order valence-corrected chi connectivity index (χ3v) is 3.53. The average Bonchev–Trinajstić information content (AvgIpc) is 2.50. The summed E-state index contributed by atoms with van der Waals surface area (Å²) in [6, 6.07) is 11.2. The Morgan fingerprint density at radius 2 is 1.91 bits per heavy atom. The molecule has 1 aromatic heterocycles. The van der Waals surface area contributed by atoms with Gasteiger partial charge in [0, 0.05) is 6.20 Å². The molecular weight excluding hydrogens is 278 g/mol. The van der Waals surface area contributed by atoms with Gasteiger partial charge in [0.15, 0.2) is 0 Å². The molecule has 116 valence electrons. The van der Waals surface area contributed by atoms with Crippen molar-refractivity contribution >= 4 is 5.97 Å². The number of aromatic nitrogens is 1. The van der Waals surface area contributed by atoms with Crippen LogP contribution in [0.15, 0.2) is 47.4 Å². The van der Waals surface area contributed by atoms with Gasteiger partial charge < -0.3 is 9.30 Å². The topological polar surface area (TPSA) is 48.3 Å². The lowest BCUT2D eigenvalue weighted by atomic mass is 9.97. The van der Waals surface area contributed by atoms with Gasteiger partial charge >= 0.3 is 5.97 Å². The molecule has 22 heavy (non-hydrogen) atoms. The first kappa shape index (κ1) is 16.0. The molecule has 0 radical (unpaired) electrons. The molecule has 0 N–H and O–H groups in total. The second kappa shape index (κ2) is 7.07. The quantitative estimate of drug-likeness (QED) is 0.797. The van der Waals surface area contributed by atoms with Crippen molar-refractivity contribution < 1.29 is 9.53 Å². The highest BCUT2D eigenvalue weighted by molar-refractivity contribution is 5.88. The molecule has 0 aliphatic heterocycles. The van der Waals surface area contributed by atoms with E-state index in [0.717, 1.165) is 5.56 Å². The van der Waals surface area contributed by atoms with E-state index in [1.54, 1.807) is 23.8 Å². The van der Waals surface area contributed by atoms with E-state index >= 15 is 0 Å². The van der Waals surface area contributed by atoms with E-state index in [0.29, 0.717) is 12.5 Å². The lowest BCUT2D eigenvalue weighted by molar-refractivity contribution is 0.0523. The molecular formula is C18H21NO3. The van der Waals surface area contributed by atoms with Gasteiger partial charge in [-0.2, -0.15) is 0 Å². The maximum absolute atomic E-state index is 12.4. The predicted molar refractivity (Wildman–Crippen MR) is 86.3 cm³/mol. The summed E-state index contributed by atoms with van der Waals surface area (Å²) in [6.45, 7) is 6.66. The number of hydrogen-bond acceptors (Lipinski definition) is 3. The van der Waals surface area contributed by atoms with Gasteiger partial charge in [-0.15, -0.1) is 0 Å². The number of esters is 1. The van der Waals surface area contributed by atoms with Gasteiger partial charge in [0.05, 0.1) is 13.2 Å². The van der Waals surface area contributed by atoms with Crippen molar-refractivity contribution in [2.75, 3.05) is 6.61 Å². The Hall–Kier alpha value is -2.36. The molecule has 0 aliphatic carbocycles. The van der Waals surface area contributed by atoms with Crippen molar-refractivity contribution in [2.24, 2.45) is 0 Å². The van der Waals surface area contributed by atoms with Crippen molar-refractivity contribution in [3.8, 4) is 0 Å². The first-order chi connectivity index (χ1) is 10.5. The van der Waals surface area contributed by atoms with E-state index in [4.69, 9.17) is 4.74 Å². The van der Waals surface area contributed by atoms with Crippen LogP contribution in [0.3, 0.4) is 0 Å². The molecule has 4 nitrogen and oxygen atoms in total. The molecule has 0 aliphatic rings. The van der Waals surface area contributed by atoms with Crippen LogP contribution in [-0.4, -0.2) is 17.1 Å². The zero-order chi connectivity index (χ0) is 16.1. The standard InChI is InChI=1S/C18H21NO3/c1-4-22-18(21)16-10-7-11-19(17(16)20)12-14-8-5-6-9-15(14)13(2)3/h5-11,13H,4,12H2,1-3H3. The summed E-state index contributed by atoms with van der Waals surface area (Å²) in [4.78, 5) is 24.2. The van der Waals surface area contributed by atoms with Gasteiger partial charge in [-0.05, 0) is 36.1 Å². The fourth-order valence-corrected chi connectivity index (χ4v) is 2.45. The number of carbonyl (C=O) groups is 1. The Bertz CT molecular complexity index is 716. The molecule has 0 spiro atoms. The number of ether oxygens (including phenoxy) is 1. The zero-order valence-electron chi connectivity index (χ0n) is 13.2. The van der Waals surface area contributed by atoms with E-state index in [1.807, 2.05) is 18.2 Å². The van der Waals surface area contributed by atoms with Crippen LogP contribution in [0.4, 0.5) is 0 Å². The lowest BCUT2D eigenvalue weighted by Crippen LogP contribution is -2.27. The van der Waals surface area contributed by atoms with Crippen LogP contribution in [-0.2, 0) is 11.3 Å². The summed E-state index contributed by atoms with van der Waals surface area (Å²) >= 11 is 0. The predicted octanol–water partition coefficient (Wildman–Crippen LogP) is 3.20. The number of pyridine rings is 1. The van der Waals surface area contributed by atoms with E-state index in [2.05, 4.69) is 19.9 Å². The largest absolute Gasteiger partial charge is 0.462 e. The summed E-state index contributed by atoms with van der Waals surface area (Å²) in [5, 5.41) is 0. The van der Waals surface area contributed by atoms with E-state index in [9.17, 15) is 9.59 Å². The third-order valence-electron chi connectivity index (χ3n) is 3.53. The van der Waals surface area contributed by atoms with Crippen LogP contribution in [0.25, 0.3) is 0 Å². The minimum absolute atomic E-state index is 0.0754. The smallest absolute Gasteiger partial charge is 0.343 e. The summed E-state index contributed by atoms with van der Waals surface area (Å²) in [5.41, 5.74) is 2.04. The Balaban J connectivity index is 2.38. The van der Waals surface area contributed by atoms with Gasteiger partial charge in [-0.1, -0.05) is 38.1 Å². The SMILES string of the molecule is CCOC(=O)c1cccn(Cc2ccccc2C(C)C)c1=O. The lowest BCUT2D eigenvalue weighted by Gasteiger charge is -2.14. The van der Waals surface area contributed by atoms with Crippen LogP contribution >= 0.6 is 0 Å². The normalized spacial score (nSPS) is 10.7. The number of benzene rings is 1. The van der Waals surface area contributed by atoms with Gasteiger partial charge in [-0.3, -0.25) is 4.79 Å². The van der Waals surface area contributed by atoms with E-state index < -0.39 is 5.97 Å². The molecule has 0 unspecified atom stereocenters. The maximum Gasteiger partial charge on any atom is 0.343 e. The molecule has 0 saturated carbocycles. The first-order valence-corrected chi connectivity index (χ1v) is 7.49. The average molecular weight is 299 g/mol. The van der Waals surface area contributed by atoms with Crippen LogP contribution < -0.4 is 5.56 Å². The van der Waals surface area contributed by atoms with Gasteiger partial charge in [-0.25, -0.2) is 4.79 Å². The molecule has 0 fully saturated rings. The summed E-state index contributed by atoms with van der Waals surface area (Å²) in [5.74, 6) is -0.195. The number of rotatable bonds is 5. The number of hydrogen-bond donors (Lipinski definition) is 0. The molecule has 0 saturated heterocycles. The Morgan fingerprint density at radius 3 is 2.59 bits per heavy atom. The van der Waals surface area contributed by atoms with Crippen LogP contribution in [0.1, 0.15) is 48.2 Å². The van der Waals surface area contributed by atoms with Crippen molar-refractivity contribution in [1.82, 2.24) is 4.57 Å². The van der Waals surface area contributed by atoms with E-state index in [-0.39, 0.29) is 17.7 Å². The second-order valence-electron chi connectivity index (χ2n) is 5.43. The second-order valence-corrected chi connectivity index (χ2v) is 5.43. The molecule has 1 aromatic carbocycles. The summed E-state index contributed by atoms with van der Waals surface area (Å²) in [7, 11) is 0. The van der Waals surface area contributed by atoms with Crippen molar-refractivity contribution in [3.05, 3.63) is 69.6 Å². The number of nitrogens with zero attached hydrogens (tertiary/aromatic N) is 1. The van der Waals surface area contributed by atoms with Crippen LogP contribution in [0.2, 0.25) is 0 Å². The van der Waals surface area contributed by atoms with Crippen molar-refractivity contribution in [1.29, 1.82) is 0 Å². The highest BCUT2D eigenvalue weighted by Crippen LogP contribution is 2.19. The fraction of sp³-hybridized carbons (Fsp3) is 0.333. The highest BCUT2D eigenvalue weighted by Gasteiger charge is 2.14. The third kappa shape index (κ3) is 3.45. The minimum Gasteiger partial charge on any atom is -0.462 e. The fourth-order valence-electron chi connectivity index (χ4n) is 2.45. The molecule has 2 rings (SSSR count). The Morgan fingerprint density at radius 1 is 1.18 bits per heavy atom. The zero-order valence-corrected chi connectivity index (χ0v) is 13.2. The van der Waals surface area contributed by atoms with Gasteiger partial charge in [0.1, 0.15) is 5.56 Å². The Kier molecular flexibility index (Phi) is 5.15. The molecule has 1 heterocycles. The number of carbonyl (C=O) groups excluding carboxylic acids is 1. The summed E-state index contributed by atoms with van der Waals surface area (Å²) < 4.78 is 6.47. The highest BCUT2D eigenvalue weighted by atomic mass is 16.5. The van der Waals surface area contributed by atoms with Crippen molar-refractivity contribution in [3.63, 3.8) is 0 Å². The van der Waals surface area contributed by atoms with Gasteiger partial charge in [0.25, 0.3) is 5.56 Å². The van der Waals surface area contributed by atoms with Crippen LogP contribution in [0.5, 0.6) is 0 Å². The molecule has 2 aromatic rings. The molecule has 0 amide bonds. The maximum atomic E-state index is 12.4.